The second kappa shape index (κ2) is 6.30. The SMILES string of the molecule is CC(C)[CH]([Sn][O][SnH])c1ccccc1. The second-order valence-electron chi connectivity index (χ2n) is 3.37. The first-order valence-electron chi connectivity index (χ1n) is 4.42. The van der Waals surface area contributed by atoms with Crippen LogP contribution in [0.15, 0.2) is 30.3 Å². The van der Waals surface area contributed by atoms with E-state index in [-0.39, 0.29) is 0 Å². The van der Waals surface area contributed by atoms with Gasteiger partial charge in [-0.15, -0.1) is 0 Å². The van der Waals surface area contributed by atoms with Gasteiger partial charge in [0.1, 0.15) is 0 Å². The molecule has 0 spiro atoms. The summed E-state index contributed by atoms with van der Waals surface area (Å²) in [6.07, 6.45) is 0. The van der Waals surface area contributed by atoms with Crippen molar-refractivity contribution in [3.8, 4) is 0 Å². The Morgan fingerprint density at radius 3 is 2.31 bits per heavy atom. The van der Waals surface area contributed by atoms with Crippen molar-refractivity contribution in [2.24, 2.45) is 5.92 Å². The quantitative estimate of drug-likeness (QED) is 0.717. The van der Waals surface area contributed by atoms with Crippen LogP contribution in [0.5, 0.6) is 0 Å². The standard InChI is InChI=1S/C10H13.O.2Sn.H/c1-9(2)8-10-6-4-3-5-7-10;;;;/h3-9H,1-2H3;;;;. The van der Waals surface area contributed by atoms with E-state index in [0.29, 0.717) is 0 Å². The van der Waals surface area contributed by atoms with Gasteiger partial charge in [0.25, 0.3) is 0 Å². The molecule has 13 heavy (non-hydrogen) atoms. The molecule has 0 heterocycles. The summed E-state index contributed by atoms with van der Waals surface area (Å²) in [6, 6.07) is 10.8. The van der Waals surface area contributed by atoms with Crippen molar-refractivity contribution in [2.75, 3.05) is 0 Å². The van der Waals surface area contributed by atoms with Crippen LogP contribution < -0.4 is 0 Å². The topological polar surface area (TPSA) is 9.23 Å². The van der Waals surface area contributed by atoms with E-state index in [4.69, 9.17) is 1.41 Å². The molecule has 0 N–H and O–H groups in total. The van der Waals surface area contributed by atoms with E-state index in [0.717, 1.165) is 32.8 Å². The van der Waals surface area contributed by atoms with Crippen LogP contribution in [0.3, 0.4) is 0 Å². The summed E-state index contributed by atoms with van der Waals surface area (Å²) in [6.45, 7) is 4.58. The molecule has 1 nitrogen and oxygen atoms in total. The summed E-state index contributed by atoms with van der Waals surface area (Å²) in [7, 11) is 0. The maximum atomic E-state index is 5.52. The van der Waals surface area contributed by atoms with Crippen LogP contribution in [-0.2, 0) is 1.41 Å². The zero-order chi connectivity index (χ0) is 9.68. The molecule has 1 aromatic rings. The average Bonchev–Trinajstić information content (AvgIpc) is 2.15. The first-order chi connectivity index (χ1) is 6.25. The fraction of sp³-hybridized carbons (Fsp3) is 0.400. The van der Waals surface area contributed by atoms with Crippen LogP contribution in [0.25, 0.3) is 0 Å². The molecule has 0 aliphatic carbocycles. The molecule has 0 amide bonds. The average molecular weight is 388 g/mol. The molecule has 1 aromatic carbocycles. The molecule has 0 saturated heterocycles. The Morgan fingerprint density at radius 1 is 1.23 bits per heavy atom. The second-order valence-corrected chi connectivity index (χ2v) is 11.0. The summed E-state index contributed by atoms with van der Waals surface area (Å²) in [5.74, 6) is 0.724. The Bertz CT molecular complexity index is 236. The molecule has 1 unspecified atom stereocenters. The van der Waals surface area contributed by atoms with Crippen molar-refractivity contribution >= 4 is 44.5 Å². The van der Waals surface area contributed by atoms with E-state index in [1.54, 1.807) is 0 Å². The predicted molar refractivity (Wildman–Crippen MR) is 58.0 cm³/mol. The van der Waals surface area contributed by atoms with Crippen molar-refractivity contribution in [2.45, 2.75) is 17.8 Å². The van der Waals surface area contributed by atoms with Crippen LogP contribution in [0, 0.1) is 5.92 Å². The first-order valence-corrected chi connectivity index (χ1v) is 8.57. The molecule has 68 valence electrons. The third kappa shape index (κ3) is 3.79. The van der Waals surface area contributed by atoms with E-state index in [1.807, 2.05) is 0 Å². The Morgan fingerprint density at radius 2 is 1.85 bits per heavy atom. The van der Waals surface area contributed by atoms with Crippen LogP contribution >= 0.6 is 0 Å². The molecular weight excluding hydrogens is 374 g/mol. The molecule has 4 radical (unpaired) electrons. The van der Waals surface area contributed by atoms with Gasteiger partial charge in [0.15, 0.2) is 0 Å². The van der Waals surface area contributed by atoms with Gasteiger partial charge in [-0.2, -0.15) is 0 Å². The molecule has 3 heteroatoms. The van der Waals surface area contributed by atoms with Crippen molar-refractivity contribution in [1.82, 2.24) is 0 Å². The Hall–Kier alpha value is 0.777. The van der Waals surface area contributed by atoms with Gasteiger partial charge in [-0.3, -0.25) is 0 Å². The van der Waals surface area contributed by atoms with Gasteiger partial charge in [0, 0.05) is 0 Å². The van der Waals surface area contributed by atoms with E-state index in [1.165, 1.54) is 5.56 Å². The predicted octanol–water partition coefficient (Wildman–Crippen LogP) is 1.84. The number of hydrogen-bond acceptors (Lipinski definition) is 1. The molecule has 0 aliphatic rings. The van der Waals surface area contributed by atoms with Crippen molar-refractivity contribution in [1.29, 1.82) is 0 Å². The maximum absolute atomic E-state index is 5.52. The van der Waals surface area contributed by atoms with Crippen LogP contribution in [-0.4, -0.2) is 44.5 Å². The van der Waals surface area contributed by atoms with E-state index in [9.17, 15) is 0 Å². The van der Waals surface area contributed by atoms with Crippen molar-refractivity contribution in [3.05, 3.63) is 35.9 Å². The minimum atomic E-state index is -0.625. The summed E-state index contributed by atoms with van der Waals surface area (Å²) in [4.78, 5) is 0. The Labute approximate surface area is 105 Å². The third-order valence-electron chi connectivity index (χ3n) is 2.02. The van der Waals surface area contributed by atoms with E-state index < -0.39 is 21.6 Å². The van der Waals surface area contributed by atoms with Gasteiger partial charge in [0.05, 0.1) is 0 Å². The van der Waals surface area contributed by atoms with Crippen LogP contribution in [0.4, 0.5) is 0 Å². The monoisotopic (exact) mass is 390 g/mol. The fourth-order valence-electron chi connectivity index (χ4n) is 1.32. The summed E-state index contributed by atoms with van der Waals surface area (Å²) >= 11 is 0.344. The van der Waals surface area contributed by atoms with Crippen LogP contribution in [0.2, 0.25) is 0 Å². The van der Waals surface area contributed by atoms with Gasteiger partial charge in [-0.25, -0.2) is 0 Å². The van der Waals surface area contributed by atoms with Gasteiger partial charge in [-0.05, 0) is 0 Å². The molecule has 1 rings (SSSR count). The van der Waals surface area contributed by atoms with Crippen molar-refractivity contribution < 1.29 is 1.41 Å². The first kappa shape index (κ1) is 11.8. The Balaban J connectivity index is 2.76. The van der Waals surface area contributed by atoms with E-state index >= 15 is 0 Å². The molecule has 0 saturated carbocycles. The molecule has 0 aliphatic heterocycles. The van der Waals surface area contributed by atoms with Crippen molar-refractivity contribution in [3.63, 3.8) is 0 Å². The summed E-state index contributed by atoms with van der Waals surface area (Å²) < 4.78 is 6.24. The zero-order valence-electron chi connectivity index (χ0n) is 8.03. The summed E-state index contributed by atoms with van der Waals surface area (Å²) in [5.41, 5.74) is 1.47. The van der Waals surface area contributed by atoms with Gasteiger partial charge in [0.2, 0.25) is 0 Å². The molecule has 0 fully saturated rings. The van der Waals surface area contributed by atoms with Gasteiger partial charge >= 0.3 is 106 Å². The molecule has 0 aromatic heterocycles. The molecule has 0 bridgehead atoms. The number of hydrogen-bond donors (Lipinski definition) is 0. The minimum absolute atomic E-state index is 0.625. The van der Waals surface area contributed by atoms with Gasteiger partial charge in [-0.1, -0.05) is 0 Å². The number of rotatable bonds is 4. The Kier molecular flexibility index (Phi) is 5.74. The third-order valence-corrected chi connectivity index (χ3v) is 8.59. The number of benzene rings is 1. The summed E-state index contributed by atoms with van der Waals surface area (Å²) in [5, 5.41) is 0. The normalized spacial score (nSPS) is 13.2. The fourth-order valence-corrected chi connectivity index (χ4v) is 6.26. The van der Waals surface area contributed by atoms with E-state index in [2.05, 4.69) is 44.2 Å². The van der Waals surface area contributed by atoms with Gasteiger partial charge < -0.3 is 0 Å². The zero-order valence-corrected chi connectivity index (χ0v) is 14.2. The molecule has 1 atom stereocenters. The molecular formula is C10H14OSn2. The van der Waals surface area contributed by atoms with Crippen LogP contribution in [0.1, 0.15) is 23.3 Å².